The maximum absolute atomic E-state index is 10.1. The zero-order valence-corrected chi connectivity index (χ0v) is 9.00. The van der Waals surface area contributed by atoms with Gasteiger partial charge in [-0.25, -0.2) is 0 Å². The molecule has 1 aliphatic rings. The van der Waals surface area contributed by atoms with Crippen LogP contribution >= 0.6 is 0 Å². The summed E-state index contributed by atoms with van der Waals surface area (Å²) in [4.78, 5) is 0. The van der Waals surface area contributed by atoms with Gasteiger partial charge in [-0.05, 0) is 25.0 Å². The first kappa shape index (κ1) is 11.4. The molecule has 0 saturated heterocycles. The summed E-state index contributed by atoms with van der Waals surface area (Å²) in [6, 6.07) is 8.86. The van der Waals surface area contributed by atoms with Crippen LogP contribution in [0.1, 0.15) is 12.8 Å². The molecule has 1 aromatic rings. The number of hydrogen-bond donors (Lipinski definition) is 4. The average molecular weight is 223 g/mol. The minimum absolute atomic E-state index is 0.339. The third kappa shape index (κ3) is 2.04. The molecular formula is C12H17NO3. The van der Waals surface area contributed by atoms with Crippen molar-refractivity contribution in [3.8, 4) is 0 Å². The maximum atomic E-state index is 10.1. The van der Waals surface area contributed by atoms with Crippen molar-refractivity contribution < 1.29 is 15.3 Å². The highest BCUT2D eigenvalue weighted by Crippen LogP contribution is 2.32. The Hall–Kier alpha value is -1.10. The van der Waals surface area contributed by atoms with Gasteiger partial charge in [0.2, 0.25) is 0 Å². The van der Waals surface area contributed by atoms with Crippen LogP contribution in [-0.4, -0.2) is 39.7 Å². The first-order chi connectivity index (χ1) is 7.65. The summed E-state index contributed by atoms with van der Waals surface area (Å²) in [6.45, 7) is -0.339. The topological polar surface area (TPSA) is 72.7 Å². The van der Waals surface area contributed by atoms with Crippen LogP contribution in [0.4, 0.5) is 5.69 Å². The summed E-state index contributed by atoms with van der Waals surface area (Å²) in [5.74, 6) is 0. The van der Waals surface area contributed by atoms with Crippen molar-refractivity contribution in [1.82, 2.24) is 0 Å². The van der Waals surface area contributed by atoms with Gasteiger partial charge in [0, 0.05) is 5.69 Å². The highest BCUT2D eigenvalue weighted by molar-refractivity contribution is 5.45. The Morgan fingerprint density at radius 1 is 1.31 bits per heavy atom. The molecule has 0 radical (unpaired) electrons. The number of nitrogens with one attached hydrogen (secondary N) is 1. The Labute approximate surface area is 94.5 Å². The van der Waals surface area contributed by atoms with Crippen LogP contribution < -0.4 is 5.32 Å². The first-order valence-electron chi connectivity index (χ1n) is 5.48. The molecule has 4 nitrogen and oxygen atoms in total. The monoisotopic (exact) mass is 223 g/mol. The molecule has 1 fully saturated rings. The van der Waals surface area contributed by atoms with Crippen LogP contribution in [0.5, 0.6) is 0 Å². The van der Waals surface area contributed by atoms with E-state index in [1.807, 2.05) is 30.3 Å². The van der Waals surface area contributed by atoms with Crippen LogP contribution in [0.3, 0.4) is 0 Å². The van der Waals surface area contributed by atoms with Crippen LogP contribution in [0, 0.1) is 0 Å². The van der Waals surface area contributed by atoms with Crippen LogP contribution in [-0.2, 0) is 0 Å². The Morgan fingerprint density at radius 2 is 2.00 bits per heavy atom. The van der Waals surface area contributed by atoms with E-state index >= 15 is 0 Å². The molecule has 4 heteroatoms. The zero-order valence-electron chi connectivity index (χ0n) is 9.00. The van der Waals surface area contributed by atoms with E-state index in [2.05, 4.69) is 5.32 Å². The van der Waals surface area contributed by atoms with Gasteiger partial charge in [0.15, 0.2) is 0 Å². The summed E-state index contributed by atoms with van der Waals surface area (Å²) in [6.07, 6.45) is 0.286. The normalized spacial score (nSPS) is 33.9. The van der Waals surface area contributed by atoms with Crippen molar-refractivity contribution in [2.24, 2.45) is 0 Å². The minimum atomic E-state index is -1.23. The first-order valence-corrected chi connectivity index (χ1v) is 5.48. The van der Waals surface area contributed by atoms with Gasteiger partial charge >= 0.3 is 0 Å². The molecule has 0 amide bonds. The highest BCUT2D eigenvalue weighted by Gasteiger charge is 2.46. The summed E-state index contributed by atoms with van der Waals surface area (Å²) >= 11 is 0. The maximum Gasteiger partial charge on any atom is 0.110 e. The van der Waals surface area contributed by atoms with Crippen molar-refractivity contribution in [2.75, 3.05) is 11.9 Å². The fourth-order valence-electron chi connectivity index (χ4n) is 2.20. The quantitative estimate of drug-likeness (QED) is 0.596. The molecule has 1 aromatic carbocycles. The fraction of sp³-hybridized carbons (Fsp3) is 0.500. The summed E-state index contributed by atoms with van der Waals surface area (Å²) in [7, 11) is 0. The molecular weight excluding hydrogens is 206 g/mol. The summed E-state index contributed by atoms with van der Waals surface area (Å²) in [5, 5.41) is 32.2. The lowest BCUT2D eigenvalue weighted by atomic mass is 9.98. The lowest BCUT2D eigenvalue weighted by Gasteiger charge is -2.30. The third-order valence-electron chi connectivity index (χ3n) is 3.21. The van der Waals surface area contributed by atoms with Crippen molar-refractivity contribution in [3.63, 3.8) is 0 Å². The van der Waals surface area contributed by atoms with E-state index in [1.165, 1.54) is 0 Å². The second-order valence-corrected chi connectivity index (χ2v) is 4.36. The largest absolute Gasteiger partial charge is 0.393 e. The second kappa shape index (κ2) is 4.41. The number of rotatable bonds is 3. The fourth-order valence-corrected chi connectivity index (χ4v) is 2.20. The number of benzene rings is 1. The third-order valence-corrected chi connectivity index (χ3v) is 3.21. The van der Waals surface area contributed by atoms with Gasteiger partial charge in [-0.3, -0.25) is 0 Å². The molecule has 0 aromatic heterocycles. The van der Waals surface area contributed by atoms with E-state index in [1.54, 1.807) is 0 Å². The Balaban J connectivity index is 2.13. The van der Waals surface area contributed by atoms with Gasteiger partial charge in [-0.1, -0.05) is 18.2 Å². The molecule has 0 heterocycles. The smallest absolute Gasteiger partial charge is 0.110 e. The average Bonchev–Trinajstić information content (AvgIpc) is 2.60. The van der Waals surface area contributed by atoms with Gasteiger partial charge in [-0.2, -0.15) is 0 Å². The molecule has 0 bridgehead atoms. The molecule has 88 valence electrons. The van der Waals surface area contributed by atoms with E-state index in [4.69, 9.17) is 0 Å². The van der Waals surface area contributed by atoms with Gasteiger partial charge < -0.3 is 20.6 Å². The highest BCUT2D eigenvalue weighted by atomic mass is 16.3. The number of aliphatic hydroxyl groups excluding tert-OH is 2. The van der Waals surface area contributed by atoms with Crippen molar-refractivity contribution >= 4 is 5.69 Å². The van der Waals surface area contributed by atoms with Gasteiger partial charge in [0.25, 0.3) is 0 Å². The lowest BCUT2D eigenvalue weighted by Crippen LogP contribution is -2.49. The molecule has 16 heavy (non-hydrogen) atoms. The predicted molar refractivity (Wildman–Crippen MR) is 61.1 cm³/mol. The molecule has 1 aliphatic carbocycles. The molecule has 0 unspecified atom stereocenters. The van der Waals surface area contributed by atoms with Crippen LogP contribution in [0.25, 0.3) is 0 Å². The Bertz CT molecular complexity index is 343. The second-order valence-electron chi connectivity index (χ2n) is 4.36. The Kier molecular flexibility index (Phi) is 3.14. The van der Waals surface area contributed by atoms with Crippen molar-refractivity contribution in [2.45, 2.75) is 30.6 Å². The molecule has 3 atom stereocenters. The van der Waals surface area contributed by atoms with Gasteiger partial charge in [0.1, 0.15) is 5.60 Å². The van der Waals surface area contributed by atoms with E-state index in [0.717, 1.165) is 5.69 Å². The minimum Gasteiger partial charge on any atom is -0.393 e. The van der Waals surface area contributed by atoms with Crippen molar-refractivity contribution in [3.05, 3.63) is 30.3 Å². The molecule has 1 saturated carbocycles. The molecule has 0 spiro atoms. The SMILES string of the molecule is OC[C@]1(O)CC[C@@H](O)[C@@H]1Nc1ccccc1. The lowest BCUT2D eigenvalue weighted by molar-refractivity contribution is -0.0270. The van der Waals surface area contributed by atoms with E-state index < -0.39 is 17.7 Å². The number of anilines is 1. The van der Waals surface area contributed by atoms with Gasteiger partial charge in [0.05, 0.1) is 18.8 Å². The van der Waals surface area contributed by atoms with E-state index in [0.29, 0.717) is 12.8 Å². The van der Waals surface area contributed by atoms with Crippen molar-refractivity contribution in [1.29, 1.82) is 0 Å². The van der Waals surface area contributed by atoms with E-state index in [-0.39, 0.29) is 6.61 Å². The van der Waals surface area contributed by atoms with Crippen LogP contribution in [0.15, 0.2) is 30.3 Å². The number of para-hydroxylation sites is 1. The summed E-state index contributed by atoms with van der Waals surface area (Å²) in [5.41, 5.74) is -0.393. The van der Waals surface area contributed by atoms with Gasteiger partial charge in [-0.15, -0.1) is 0 Å². The molecule has 0 aliphatic heterocycles. The molecule has 2 rings (SSSR count). The zero-order chi connectivity index (χ0) is 11.6. The summed E-state index contributed by atoms with van der Waals surface area (Å²) < 4.78 is 0. The number of hydrogen-bond acceptors (Lipinski definition) is 4. The standard InChI is InChI=1S/C12H17NO3/c14-8-12(16)7-6-10(15)11(12)13-9-4-2-1-3-5-9/h1-5,10-11,13-16H,6-8H2/t10-,11+,12-/m1/s1. The van der Waals surface area contributed by atoms with Crippen LogP contribution in [0.2, 0.25) is 0 Å². The number of aliphatic hydroxyl groups is 3. The Morgan fingerprint density at radius 3 is 2.62 bits per heavy atom. The predicted octanol–water partition coefficient (Wildman–Crippen LogP) is 0.345. The van der Waals surface area contributed by atoms with E-state index in [9.17, 15) is 15.3 Å². The molecule has 4 N–H and O–H groups in total.